The van der Waals surface area contributed by atoms with Gasteiger partial charge in [0.1, 0.15) is 10.6 Å². The van der Waals surface area contributed by atoms with Crippen molar-refractivity contribution in [3.63, 3.8) is 0 Å². The molecule has 0 spiro atoms. The summed E-state index contributed by atoms with van der Waals surface area (Å²) in [5, 5.41) is 10.6. The highest BCUT2D eigenvalue weighted by atomic mass is 32.1. The lowest BCUT2D eigenvalue weighted by Crippen LogP contribution is -2.69. The fourth-order valence-electron chi connectivity index (χ4n) is 7.57. The molecule has 5 rings (SSSR count). The van der Waals surface area contributed by atoms with Gasteiger partial charge in [0, 0.05) is 62.0 Å². The Bertz CT molecular complexity index is 1600. The number of nitrogens with zero attached hydrogens (tertiary/aromatic N) is 3. The van der Waals surface area contributed by atoms with Crippen LogP contribution in [0, 0.1) is 0 Å². The Hall–Kier alpha value is -3.43. The van der Waals surface area contributed by atoms with Crippen LogP contribution in [0.4, 0.5) is 26.3 Å². The number of piperidine rings is 2. The number of nitrogens with two attached hydrogens (primary N) is 1. The highest BCUT2D eigenvalue weighted by Gasteiger charge is 2.56. The molecular weight excluding hydrogens is 686 g/mol. The Morgan fingerprint density at radius 1 is 1.12 bits per heavy atom. The predicted octanol–water partition coefficient (Wildman–Crippen LogP) is 7.14. The minimum atomic E-state index is -4.86. The summed E-state index contributed by atoms with van der Waals surface area (Å²) in [6.45, 7) is 2.24. The SMILES string of the molecule is CCC[C@H]1N(C(=O)c2cnccc2C(F)(F)F)CCC[C@@]1(Oc1csc(C(F)(F)F)c1)C(=O)N1CCC(N)(C2=C(CCCO)C=CCC2)CC1. The Balaban J connectivity index is 1.52. The van der Waals surface area contributed by atoms with Gasteiger partial charge in [0.25, 0.3) is 11.8 Å². The number of aliphatic hydroxyl groups is 1. The van der Waals surface area contributed by atoms with E-state index in [2.05, 4.69) is 11.1 Å². The molecule has 2 aliphatic heterocycles. The molecule has 2 aromatic heterocycles. The van der Waals surface area contributed by atoms with Crippen LogP contribution in [0.5, 0.6) is 5.75 Å². The van der Waals surface area contributed by atoms with Crippen molar-refractivity contribution in [3.8, 4) is 5.75 Å². The fourth-order valence-corrected chi connectivity index (χ4v) is 8.24. The zero-order valence-electron chi connectivity index (χ0n) is 27.8. The van der Waals surface area contributed by atoms with Gasteiger partial charge in [-0.15, -0.1) is 11.3 Å². The number of ether oxygens (including phenoxy) is 1. The Morgan fingerprint density at radius 2 is 1.86 bits per heavy atom. The summed E-state index contributed by atoms with van der Waals surface area (Å²) >= 11 is 0.404. The first-order valence-electron chi connectivity index (χ1n) is 16.9. The number of alkyl halides is 6. The summed E-state index contributed by atoms with van der Waals surface area (Å²) in [6, 6.07) is 0.423. The van der Waals surface area contributed by atoms with E-state index in [1.54, 1.807) is 11.8 Å². The van der Waals surface area contributed by atoms with Crippen molar-refractivity contribution in [2.45, 2.75) is 101 Å². The lowest BCUT2D eigenvalue weighted by Gasteiger charge is -2.51. The first kappa shape index (κ1) is 37.8. The standard InChI is InChI=1S/C35H42F6N4O4S/c1-2-7-28-33(49-24-20-29(50-22-24)35(39,40)41,12-6-16-45(28)30(47)25-21-43-15-11-27(25)34(36,37)38)31(48)44-17-13-32(42,14-18-44)26-10-4-3-8-23(26)9-5-19-46/h3,8,11,15,20-22,28,46H,2,4-7,9-10,12-14,16-19,42H2,1H3/t28-,33+/m1/s1. The molecule has 2 fully saturated rings. The molecule has 3 aliphatic rings. The molecule has 8 nitrogen and oxygen atoms in total. The number of aliphatic hydroxyl groups excluding tert-OH is 1. The monoisotopic (exact) mass is 728 g/mol. The number of allylic oxidation sites excluding steroid dienone is 3. The van der Waals surface area contributed by atoms with Gasteiger partial charge in [-0.05, 0) is 68.6 Å². The largest absolute Gasteiger partial charge is 0.474 e. The van der Waals surface area contributed by atoms with Gasteiger partial charge in [0.05, 0.1) is 17.2 Å². The number of hydrogen-bond acceptors (Lipinski definition) is 7. The second-order valence-electron chi connectivity index (χ2n) is 13.2. The van der Waals surface area contributed by atoms with E-state index in [9.17, 15) is 41.0 Å². The molecule has 50 heavy (non-hydrogen) atoms. The fraction of sp³-hybridized carbons (Fsp3) is 0.571. The van der Waals surface area contributed by atoms with E-state index >= 15 is 0 Å². The highest BCUT2D eigenvalue weighted by Crippen LogP contribution is 2.44. The smallest absolute Gasteiger partial charge is 0.425 e. The van der Waals surface area contributed by atoms with Gasteiger partial charge in [0.2, 0.25) is 5.60 Å². The van der Waals surface area contributed by atoms with E-state index in [0.29, 0.717) is 49.5 Å². The van der Waals surface area contributed by atoms with Crippen LogP contribution in [-0.4, -0.2) is 75.1 Å². The van der Waals surface area contributed by atoms with E-state index < -0.39 is 57.4 Å². The van der Waals surface area contributed by atoms with Crippen LogP contribution >= 0.6 is 11.3 Å². The van der Waals surface area contributed by atoms with Crippen LogP contribution in [0.1, 0.15) is 91.9 Å². The zero-order valence-corrected chi connectivity index (χ0v) is 28.6. The highest BCUT2D eigenvalue weighted by molar-refractivity contribution is 7.10. The van der Waals surface area contributed by atoms with Crippen molar-refractivity contribution in [2.75, 3.05) is 26.2 Å². The van der Waals surface area contributed by atoms with Crippen molar-refractivity contribution in [2.24, 2.45) is 5.73 Å². The third kappa shape index (κ3) is 7.74. The number of hydrogen-bond donors (Lipinski definition) is 2. The molecule has 2 saturated heterocycles. The molecule has 0 radical (unpaired) electrons. The van der Waals surface area contributed by atoms with Crippen LogP contribution in [0.15, 0.2) is 53.2 Å². The average Bonchev–Trinajstić information content (AvgIpc) is 3.57. The summed E-state index contributed by atoms with van der Waals surface area (Å²) in [7, 11) is 0. The van der Waals surface area contributed by atoms with Crippen molar-refractivity contribution in [3.05, 3.63) is 69.2 Å². The number of carbonyl (C=O) groups is 2. The molecule has 0 aromatic carbocycles. The van der Waals surface area contributed by atoms with Crippen LogP contribution in [0.2, 0.25) is 0 Å². The molecule has 0 bridgehead atoms. The maximum atomic E-state index is 14.9. The summed E-state index contributed by atoms with van der Waals surface area (Å²) < 4.78 is 89.3. The average molecular weight is 729 g/mol. The summed E-state index contributed by atoms with van der Waals surface area (Å²) in [5.74, 6) is -1.74. The number of likely N-dealkylation sites (tertiary alicyclic amines) is 2. The molecule has 1 aliphatic carbocycles. The van der Waals surface area contributed by atoms with Crippen molar-refractivity contribution < 1.29 is 45.8 Å². The topological polar surface area (TPSA) is 109 Å². The molecular formula is C35H42F6N4O4S. The van der Waals surface area contributed by atoms with Gasteiger partial charge in [-0.3, -0.25) is 14.6 Å². The van der Waals surface area contributed by atoms with E-state index in [0.717, 1.165) is 47.8 Å². The van der Waals surface area contributed by atoms with Gasteiger partial charge in [-0.25, -0.2) is 0 Å². The van der Waals surface area contributed by atoms with Crippen molar-refractivity contribution in [1.82, 2.24) is 14.8 Å². The summed E-state index contributed by atoms with van der Waals surface area (Å²) in [6.07, 6.45) is 0.674. The molecule has 0 saturated carbocycles. The quantitative estimate of drug-likeness (QED) is 0.252. The minimum absolute atomic E-state index is 0.00964. The second kappa shape index (κ2) is 15.0. The van der Waals surface area contributed by atoms with Gasteiger partial charge >= 0.3 is 12.4 Å². The van der Waals surface area contributed by atoms with Gasteiger partial charge < -0.3 is 25.4 Å². The molecule has 274 valence electrons. The lowest BCUT2D eigenvalue weighted by atomic mass is 9.74. The molecule has 3 N–H and O–H groups in total. The maximum Gasteiger partial charge on any atom is 0.425 e. The molecule has 4 heterocycles. The molecule has 0 unspecified atom stereocenters. The minimum Gasteiger partial charge on any atom is -0.474 e. The Labute approximate surface area is 291 Å². The Morgan fingerprint density at radius 3 is 2.50 bits per heavy atom. The predicted molar refractivity (Wildman–Crippen MR) is 175 cm³/mol. The first-order valence-corrected chi connectivity index (χ1v) is 17.8. The third-order valence-electron chi connectivity index (χ3n) is 9.97. The maximum absolute atomic E-state index is 14.9. The number of aromatic nitrogens is 1. The zero-order chi connectivity index (χ0) is 36.3. The number of halogens is 6. The number of carbonyl (C=O) groups excluding carboxylic acids is 2. The normalized spacial score (nSPS) is 22.9. The second-order valence-corrected chi connectivity index (χ2v) is 14.1. The number of thiophene rings is 1. The van der Waals surface area contributed by atoms with Gasteiger partial charge in [-0.1, -0.05) is 25.5 Å². The molecule has 2 atom stereocenters. The number of rotatable bonds is 10. The van der Waals surface area contributed by atoms with E-state index in [-0.39, 0.29) is 51.3 Å². The van der Waals surface area contributed by atoms with Crippen LogP contribution in [-0.2, 0) is 17.1 Å². The van der Waals surface area contributed by atoms with Crippen LogP contribution in [0.3, 0.4) is 0 Å². The summed E-state index contributed by atoms with van der Waals surface area (Å²) in [5.41, 5.74) is 4.70. The van der Waals surface area contributed by atoms with E-state index in [1.165, 1.54) is 4.90 Å². The Kier molecular flexibility index (Phi) is 11.4. The van der Waals surface area contributed by atoms with E-state index in [4.69, 9.17) is 10.5 Å². The van der Waals surface area contributed by atoms with Gasteiger partial charge in [0.15, 0.2) is 0 Å². The van der Waals surface area contributed by atoms with Crippen LogP contribution in [0.25, 0.3) is 0 Å². The first-order chi connectivity index (χ1) is 23.6. The van der Waals surface area contributed by atoms with Crippen molar-refractivity contribution in [1.29, 1.82) is 0 Å². The lowest BCUT2D eigenvalue weighted by molar-refractivity contribution is -0.160. The van der Waals surface area contributed by atoms with Crippen LogP contribution < -0.4 is 10.5 Å². The number of amides is 2. The summed E-state index contributed by atoms with van der Waals surface area (Å²) in [4.78, 5) is 34.5. The molecule has 15 heteroatoms. The third-order valence-corrected chi connectivity index (χ3v) is 10.9. The van der Waals surface area contributed by atoms with Crippen molar-refractivity contribution >= 4 is 23.2 Å². The van der Waals surface area contributed by atoms with Gasteiger partial charge in [-0.2, -0.15) is 26.3 Å². The van der Waals surface area contributed by atoms with E-state index in [1.807, 2.05) is 6.08 Å². The number of pyridine rings is 1. The molecule has 2 aromatic rings. The molecule has 2 amide bonds.